The summed E-state index contributed by atoms with van der Waals surface area (Å²) in [6.45, 7) is 6.67. The summed E-state index contributed by atoms with van der Waals surface area (Å²) in [5.74, 6) is -0.515. The predicted octanol–water partition coefficient (Wildman–Crippen LogP) is 2.35. The number of alkyl carbamates (subject to hydrolysis) is 1. The molecule has 0 saturated carbocycles. The standard InChI is InChI=1S/C23H32N4O4/c1-23(2,3)31-22(30)25-18(21(29)24-14-20(28)27-11-7-8-12-27)13-16-15-26(4)19-10-6-5-9-17(16)19/h5-6,9-10,15,18H,7-8,11-14H2,1-4H3,(H,24,29)(H,25,30). The molecule has 1 aliphatic rings. The number of nitrogens with zero attached hydrogens (tertiary/aromatic N) is 2. The van der Waals surface area contributed by atoms with Crippen LogP contribution in [0.25, 0.3) is 10.9 Å². The van der Waals surface area contributed by atoms with Crippen molar-refractivity contribution in [3.8, 4) is 0 Å². The molecule has 1 fully saturated rings. The minimum atomic E-state index is -0.868. The van der Waals surface area contributed by atoms with E-state index < -0.39 is 23.6 Å². The van der Waals surface area contributed by atoms with E-state index in [1.54, 1.807) is 25.7 Å². The Kier molecular flexibility index (Phi) is 6.87. The first-order chi connectivity index (χ1) is 14.6. The second-order valence-corrected chi connectivity index (χ2v) is 8.99. The van der Waals surface area contributed by atoms with Gasteiger partial charge in [-0.2, -0.15) is 0 Å². The zero-order chi connectivity index (χ0) is 22.6. The number of carbonyl (C=O) groups is 3. The van der Waals surface area contributed by atoms with E-state index in [-0.39, 0.29) is 18.9 Å². The average Bonchev–Trinajstić information content (AvgIpc) is 3.33. The predicted molar refractivity (Wildman–Crippen MR) is 119 cm³/mol. The molecule has 1 aromatic heterocycles. The minimum absolute atomic E-state index is 0.0825. The van der Waals surface area contributed by atoms with Crippen molar-refractivity contribution in [1.82, 2.24) is 20.1 Å². The van der Waals surface area contributed by atoms with Crippen molar-refractivity contribution in [2.45, 2.75) is 51.7 Å². The molecule has 0 bridgehead atoms. The molecular weight excluding hydrogens is 396 g/mol. The van der Waals surface area contributed by atoms with Crippen LogP contribution in [-0.4, -0.2) is 58.7 Å². The molecule has 1 unspecified atom stereocenters. The van der Waals surface area contributed by atoms with Crippen LogP contribution < -0.4 is 10.6 Å². The van der Waals surface area contributed by atoms with Crippen LogP contribution in [0.5, 0.6) is 0 Å². The molecule has 2 heterocycles. The second-order valence-electron chi connectivity index (χ2n) is 8.99. The van der Waals surface area contributed by atoms with E-state index >= 15 is 0 Å². The zero-order valence-corrected chi connectivity index (χ0v) is 18.7. The summed E-state index contributed by atoms with van der Waals surface area (Å²) < 4.78 is 7.34. The van der Waals surface area contributed by atoms with E-state index in [4.69, 9.17) is 4.74 Å². The lowest BCUT2D eigenvalue weighted by molar-refractivity contribution is -0.132. The van der Waals surface area contributed by atoms with Crippen LogP contribution in [0.2, 0.25) is 0 Å². The summed E-state index contributed by atoms with van der Waals surface area (Å²) in [4.78, 5) is 39.4. The van der Waals surface area contributed by atoms with Gasteiger partial charge in [-0.15, -0.1) is 0 Å². The molecule has 3 rings (SSSR count). The zero-order valence-electron chi connectivity index (χ0n) is 18.7. The Hall–Kier alpha value is -3.03. The van der Waals surface area contributed by atoms with Crippen LogP contribution in [-0.2, 0) is 27.8 Å². The molecule has 8 heteroatoms. The lowest BCUT2D eigenvalue weighted by Crippen LogP contribution is -2.51. The number of aromatic nitrogens is 1. The Morgan fingerprint density at radius 1 is 1.13 bits per heavy atom. The van der Waals surface area contributed by atoms with Crippen molar-refractivity contribution >= 4 is 28.8 Å². The van der Waals surface area contributed by atoms with E-state index in [1.807, 2.05) is 42.1 Å². The number of ether oxygens (including phenoxy) is 1. The van der Waals surface area contributed by atoms with Gasteiger partial charge < -0.3 is 24.8 Å². The minimum Gasteiger partial charge on any atom is -0.444 e. The third-order valence-corrected chi connectivity index (χ3v) is 5.28. The van der Waals surface area contributed by atoms with Crippen molar-refractivity contribution in [3.63, 3.8) is 0 Å². The summed E-state index contributed by atoms with van der Waals surface area (Å²) >= 11 is 0. The highest BCUT2D eigenvalue weighted by Gasteiger charge is 2.27. The SMILES string of the molecule is Cn1cc(CC(NC(=O)OC(C)(C)C)C(=O)NCC(=O)N2CCCC2)c2ccccc21. The van der Waals surface area contributed by atoms with E-state index in [1.165, 1.54) is 0 Å². The molecule has 8 nitrogen and oxygen atoms in total. The van der Waals surface area contributed by atoms with Gasteiger partial charge in [0.15, 0.2) is 0 Å². The van der Waals surface area contributed by atoms with Crippen molar-refractivity contribution < 1.29 is 19.1 Å². The van der Waals surface area contributed by atoms with Crippen LogP contribution in [0.4, 0.5) is 4.79 Å². The number of rotatable bonds is 6. The van der Waals surface area contributed by atoms with Gasteiger partial charge in [-0.25, -0.2) is 4.79 Å². The van der Waals surface area contributed by atoms with Gasteiger partial charge in [0.05, 0.1) is 6.54 Å². The number of carbonyl (C=O) groups excluding carboxylic acids is 3. The largest absolute Gasteiger partial charge is 0.444 e. The number of amides is 3. The molecule has 3 amide bonds. The Morgan fingerprint density at radius 2 is 1.81 bits per heavy atom. The monoisotopic (exact) mass is 428 g/mol. The maximum atomic E-state index is 13.0. The summed E-state index contributed by atoms with van der Waals surface area (Å²) in [6, 6.07) is 7.02. The Bertz CT molecular complexity index is 954. The van der Waals surface area contributed by atoms with E-state index in [9.17, 15) is 14.4 Å². The van der Waals surface area contributed by atoms with E-state index in [2.05, 4.69) is 10.6 Å². The molecule has 0 radical (unpaired) electrons. The maximum absolute atomic E-state index is 13.0. The molecule has 168 valence electrons. The molecule has 31 heavy (non-hydrogen) atoms. The fourth-order valence-electron chi connectivity index (χ4n) is 3.83. The maximum Gasteiger partial charge on any atom is 0.408 e. The quantitative estimate of drug-likeness (QED) is 0.739. The summed E-state index contributed by atoms with van der Waals surface area (Å²) in [5.41, 5.74) is 1.29. The summed E-state index contributed by atoms with van der Waals surface area (Å²) in [6.07, 6.45) is 3.55. The number of benzene rings is 1. The Morgan fingerprint density at radius 3 is 2.48 bits per heavy atom. The highest BCUT2D eigenvalue weighted by Crippen LogP contribution is 2.22. The molecule has 0 aliphatic carbocycles. The normalized spacial score (nSPS) is 15.0. The Labute approximate surface area is 182 Å². The van der Waals surface area contributed by atoms with Gasteiger partial charge in [0.1, 0.15) is 11.6 Å². The highest BCUT2D eigenvalue weighted by molar-refractivity contribution is 5.91. The van der Waals surface area contributed by atoms with Crippen molar-refractivity contribution in [3.05, 3.63) is 36.0 Å². The molecule has 1 aliphatic heterocycles. The molecule has 0 spiro atoms. The highest BCUT2D eigenvalue weighted by atomic mass is 16.6. The molecule has 1 aromatic carbocycles. The van der Waals surface area contributed by atoms with Crippen molar-refractivity contribution in [1.29, 1.82) is 0 Å². The smallest absolute Gasteiger partial charge is 0.408 e. The molecule has 2 aromatic rings. The number of aryl methyl sites for hydroxylation is 1. The lowest BCUT2D eigenvalue weighted by Gasteiger charge is -2.23. The average molecular weight is 429 g/mol. The van der Waals surface area contributed by atoms with E-state index in [0.717, 1.165) is 42.4 Å². The number of nitrogens with one attached hydrogen (secondary N) is 2. The fraction of sp³-hybridized carbons (Fsp3) is 0.522. The molecule has 1 saturated heterocycles. The van der Waals surface area contributed by atoms with Crippen molar-refractivity contribution in [2.24, 2.45) is 7.05 Å². The van der Waals surface area contributed by atoms with Crippen LogP contribution in [0.3, 0.4) is 0 Å². The summed E-state index contributed by atoms with van der Waals surface area (Å²) in [5, 5.41) is 6.39. The Balaban J connectivity index is 1.74. The van der Waals surface area contributed by atoms with Crippen molar-refractivity contribution in [2.75, 3.05) is 19.6 Å². The number of para-hydroxylation sites is 1. The molecular formula is C23H32N4O4. The van der Waals surface area contributed by atoms with Gasteiger partial charge in [-0.1, -0.05) is 18.2 Å². The molecule has 2 N–H and O–H groups in total. The molecule has 1 atom stereocenters. The number of fused-ring (bicyclic) bond motifs is 1. The third-order valence-electron chi connectivity index (χ3n) is 5.28. The summed E-state index contributed by atoms with van der Waals surface area (Å²) in [7, 11) is 1.94. The van der Waals surface area contributed by atoms with Gasteiger partial charge in [0.25, 0.3) is 0 Å². The van der Waals surface area contributed by atoms with E-state index in [0.29, 0.717) is 0 Å². The number of likely N-dealkylation sites (tertiary alicyclic amines) is 1. The van der Waals surface area contributed by atoms with Gasteiger partial charge in [0.2, 0.25) is 11.8 Å². The first-order valence-electron chi connectivity index (χ1n) is 10.7. The fourth-order valence-corrected chi connectivity index (χ4v) is 3.83. The first kappa shape index (κ1) is 22.7. The topological polar surface area (TPSA) is 92.7 Å². The second kappa shape index (κ2) is 9.41. The van der Waals surface area contributed by atoms with Gasteiger partial charge in [-0.05, 0) is 45.2 Å². The number of hydrogen-bond donors (Lipinski definition) is 2. The van der Waals surface area contributed by atoms with Gasteiger partial charge in [0, 0.05) is 43.7 Å². The first-order valence-corrected chi connectivity index (χ1v) is 10.7. The number of hydrogen-bond acceptors (Lipinski definition) is 4. The van der Waals surface area contributed by atoms with Crippen LogP contribution >= 0.6 is 0 Å². The van der Waals surface area contributed by atoms with Gasteiger partial charge in [-0.3, -0.25) is 9.59 Å². The third kappa shape index (κ3) is 5.99. The lowest BCUT2D eigenvalue weighted by atomic mass is 10.0. The van der Waals surface area contributed by atoms with Crippen LogP contribution in [0, 0.1) is 0 Å². The van der Waals surface area contributed by atoms with Crippen LogP contribution in [0.15, 0.2) is 30.5 Å². The van der Waals surface area contributed by atoms with Gasteiger partial charge >= 0.3 is 6.09 Å². The van der Waals surface area contributed by atoms with Crippen LogP contribution in [0.1, 0.15) is 39.2 Å².